The second-order valence-corrected chi connectivity index (χ2v) is 3.43. The van der Waals surface area contributed by atoms with Crippen molar-refractivity contribution in [1.29, 1.82) is 0 Å². The highest BCUT2D eigenvalue weighted by Gasteiger charge is 2.18. The Bertz CT molecular complexity index is 546. The van der Waals surface area contributed by atoms with Crippen LogP contribution in [0.1, 0.15) is 16.1 Å². The van der Waals surface area contributed by atoms with Crippen LogP contribution in [0.5, 0.6) is 5.75 Å². The lowest BCUT2D eigenvalue weighted by molar-refractivity contribution is 0.0683. The van der Waals surface area contributed by atoms with Crippen LogP contribution in [-0.4, -0.2) is 26.0 Å². The van der Waals surface area contributed by atoms with Crippen molar-refractivity contribution >= 4 is 5.97 Å². The van der Waals surface area contributed by atoms with Crippen molar-refractivity contribution in [2.24, 2.45) is 0 Å². The van der Waals surface area contributed by atoms with Crippen LogP contribution < -0.4 is 0 Å². The van der Waals surface area contributed by atoms with Gasteiger partial charge in [0.25, 0.3) is 0 Å². The molecule has 5 heteroatoms. The molecule has 1 aromatic heterocycles. The summed E-state index contributed by atoms with van der Waals surface area (Å²) in [6, 6.07) is 7.22. The quantitative estimate of drug-likeness (QED) is 0.802. The lowest BCUT2D eigenvalue weighted by atomic mass is 10.2. The molecule has 1 aromatic carbocycles. The molecule has 0 aliphatic rings. The van der Waals surface area contributed by atoms with Gasteiger partial charge in [-0.2, -0.15) is 5.10 Å². The largest absolute Gasteiger partial charge is 0.504 e. The van der Waals surface area contributed by atoms with Gasteiger partial charge in [0.2, 0.25) is 0 Å². The first-order valence-corrected chi connectivity index (χ1v) is 4.67. The molecule has 0 aliphatic heterocycles. The lowest BCUT2D eigenvalue weighted by Gasteiger charge is -2.04. The van der Waals surface area contributed by atoms with Gasteiger partial charge >= 0.3 is 5.97 Å². The van der Waals surface area contributed by atoms with Crippen LogP contribution in [-0.2, 0) is 0 Å². The van der Waals surface area contributed by atoms with E-state index in [1.165, 1.54) is 4.68 Å². The second-order valence-electron chi connectivity index (χ2n) is 3.43. The minimum absolute atomic E-state index is 0.231. The molecule has 0 aliphatic carbocycles. The minimum atomic E-state index is -1.21. The van der Waals surface area contributed by atoms with Gasteiger partial charge in [-0.1, -0.05) is 12.1 Å². The number of carbonyl (C=O) groups is 1. The number of aromatic carboxylic acids is 1. The molecule has 1 heterocycles. The van der Waals surface area contributed by atoms with Crippen LogP contribution in [0, 0.1) is 6.92 Å². The average Bonchev–Trinajstić information content (AvgIpc) is 2.60. The van der Waals surface area contributed by atoms with Crippen molar-refractivity contribution in [3.63, 3.8) is 0 Å². The van der Waals surface area contributed by atoms with Crippen LogP contribution in [0.3, 0.4) is 0 Å². The molecule has 0 amide bonds. The first-order valence-electron chi connectivity index (χ1n) is 4.67. The number of hydrogen-bond acceptors (Lipinski definition) is 3. The van der Waals surface area contributed by atoms with Gasteiger partial charge in [0.05, 0.1) is 11.9 Å². The van der Waals surface area contributed by atoms with Crippen LogP contribution in [0.25, 0.3) is 5.69 Å². The van der Waals surface area contributed by atoms with Gasteiger partial charge < -0.3 is 10.2 Å². The smallest absolute Gasteiger partial charge is 0.358 e. The summed E-state index contributed by atoms with van der Waals surface area (Å²) in [4.78, 5) is 10.9. The van der Waals surface area contributed by atoms with E-state index in [1.54, 1.807) is 18.2 Å². The summed E-state index contributed by atoms with van der Waals surface area (Å²) in [7, 11) is 0. The zero-order chi connectivity index (χ0) is 11.7. The molecule has 2 N–H and O–H groups in total. The van der Waals surface area contributed by atoms with Gasteiger partial charge in [-0.3, -0.25) is 0 Å². The lowest BCUT2D eigenvalue weighted by Crippen LogP contribution is -2.08. The first kappa shape index (κ1) is 10.2. The Labute approximate surface area is 91.6 Å². The highest BCUT2D eigenvalue weighted by atomic mass is 16.4. The van der Waals surface area contributed by atoms with Gasteiger partial charge in [0.15, 0.2) is 11.4 Å². The van der Waals surface area contributed by atoms with Gasteiger partial charge in [0, 0.05) is 0 Å². The number of carboxylic acids is 1. The zero-order valence-corrected chi connectivity index (χ0v) is 8.58. The van der Waals surface area contributed by atoms with Crippen LogP contribution in [0.2, 0.25) is 0 Å². The molecule has 0 unspecified atom stereocenters. The van der Waals surface area contributed by atoms with Gasteiger partial charge in [-0.05, 0) is 24.6 Å². The third kappa shape index (κ3) is 1.63. The van der Waals surface area contributed by atoms with E-state index in [4.69, 9.17) is 5.11 Å². The van der Waals surface area contributed by atoms with Crippen LogP contribution in [0.4, 0.5) is 0 Å². The number of nitrogens with zero attached hydrogens (tertiary/aromatic N) is 2. The molecule has 2 rings (SSSR count). The number of aryl methyl sites for hydroxylation is 1. The Kier molecular flexibility index (Phi) is 2.36. The van der Waals surface area contributed by atoms with Crippen molar-refractivity contribution < 1.29 is 15.0 Å². The van der Waals surface area contributed by atoms with E-state index < -0.39 is 5.97 Å². The average molecular weight is 218 g/mol. The molecule has 0 atom stereocenters. The van der Waals surface area contributed by atoms with Crippen molar-refractivity contribution in [1.82, 2.24) is 9.78 Å². The number of benzene rings is 1. The maximum atomic E-state index is 10.9. The monoisotopic (exact) mass is 218 g/mol. The minimum Gasteiger partial charge on any atom is -0.504 e. The Morgan fingerprint density at radius 2 is 2.19 bits per heavy atom. The molecular formula is C11H10N2O3. The molecule has 0 radical (unpaired) electrons. The Morgan fingerprint density at radius 1 is 1.44 bits per heavy atom. The van der Waals surface area contributed by atoms with Crippen molar-refractivity contribution in [3.8, 4) is 11.4 Å². The number of rotatable bonds is 2. The first-order chi connectivity index (χ1) is 7.59. The Morgan fingerprint density at radius 3 is 2.81 bits per heavy atom. The molecule has 0 spiro atoms. The highest BCUT2D eigenvalue weighted by molar-refractivity contribution is 5.89. The summed E-state index contributed by atoms with van der Waals surface area (Å²) in [6.45, 7) is 1.90. The molecule has 82 valence electrons. The van der Waals surface area contributed by atoms with E-state index in [2.05, 4.69) is 5.10 Å². The predicted octanol–water partition coefficient (Wildman–Crippen LogP) is 1.58. The normalized spacial score (nSPS) is 10.3. The molecule has 0 fully saturated rings. The zero-order valence-electron chi connectivity index (χ0n) is 8.58. The molecule has 5 nitrogen and oxygen atoms in total. The SMILES string of the molecule is Cc1cccc(-n2ncc(O)c2C(=O)O)c1. The van der Waals surface area contributed by atoms with E-state index in [9.17, 15) is 9.90 Å². The summed E-state index contributed by atoms with van der Waals surface area (Å²) in [6.07, 6.45) is 1.12. The third-order valence-electron chi connectivity index (χ3n) is 2.20. The van der Waals surface area contributed by atoms with E-state index >= 15 is 0 Å². The van der Waals surface area contributed by atoms with Gasteiger partial charge in [-0.15, -0.1) is 0 Å². The van der Waals surface area contributed by atoms with Crippen molar-refractivity contribution in [2.45, 2.75) is 6.92 Å². The third-order valence-corrected chi connectivity index (χ3v) is 2.20. The maximum absolute atomic E-state index is 10.9. The Balaban J connectivity index is 2.60. The van der Waals surface area contributed by atoms with E-state index in [-0.39, 0.29) is 11.4 Å². The van der Waals surface area contributed by atoms with Crippen LogP contribution >= 0.6 is 0 Å². The van der Waals surface area contributed by atoms with Gasteiger partial charge in [0.1, 0.15) is 0 Å². The number of aromatic nitrogens is 2. The fraction of sp³-hybridized carbons (Fsp3) is 0.0909. The van der Waals surface area contributed by atoms with Crippen molar-refractivity contribution in [2.75, 3.05) is 0 Å². The maximum Gasteiger partial charge on any atom is 0.358 e. The van der Waals surface area contributed by atoms with E-state index in [0.29, 0.717) is 5.69 Å². The fourth-order valence-corrected chi connectivity index (χ4v) is 1.50. The van der Waals surface area contributed by atoms with E-state index in [1.807, 2.05) is 13.0 Å². The summed E-state index contributed by atoms with van der Waals surface area (Å²) in [5.74, 6) is -1.55. The van der Waals surface area contributed by atoms with Crippen molar-refractivity contribution in [3.05, 3.63) is 41.7 Å². The summed E-state index contributed by atoms with van der Waals surface area (Å²) in [5.41, 5.74) is 1.37. The molecule has 2 aromatic rings. The standard InChI is InChI=1S/C11H10N2O3/c1-7-3-2-4-8(5-7)13-10(11(15)16)9(14)6-12-13/h2-6,14H,1H3,(H,15,16). The summed E-state index contributed by atoms with van der Waals surface area (Å²) in [5, 5.41) is 22.1. The molecule has 16 heavy (non-hydrogen) atoms. The molecular weight excluding hydrogens is 208 g/mol. The van der Waals surface area contributed by atoms with Crippen LogP contribution in [0.15, 0.2) is 30.5 Å². The number of carboxylic acid groups (broad SMARTS) is 1. The summed E-state index contributed by atoms with van der Waals surface area (Å²) < 4.78 is 1.20. The summed E-state index contributed by atoms with van der Waals surface area (Å²) >= 11 is 0. The molecule has 0 bridgehead atoms. The number of hydrogen-bond donors (Lipinski definition) is 2. The highest BCUT2D eigenvalue weighted by Crippen LogP contribution is 2.20. The predicted molar refractivity (Wildman–Crippen MR) is 56.9 cm³/mol. The topological polar surface area (TPSA) is 75.3 Å². The fourth-order valence-electron chi connectivity index (χ4n) is 1.50. The molecule has 0 saturated heterocycles. The van der Waals surface area contributed by atoms with E-state index in [0.717, 1.165) is 11.8 Å². The second kappa shape index (κ2) is 3.69. The van der Waals surface area contributed by atoms with Gasteiger partial charge in [-0.25, -0.2) is 9.48 Å². The Hall–Kier alpha value is -2.30. The number of aromatic hydroxyl groups is 1. The molecule has 0 saturated carbocycles.